The van der Waals surface area contributed by atoms with Crippen molar-refractivity contribution in [1.29, 1.82) is 0 Å². The Balaban J connectivity index is 1.52. The van der Waals surface area contributed by atoms with Gasteiger partial charge in [-0.1, -0.05) is 35.9 Å². The molecule has 0 unspecified atom stereocenters. The molecule has 6 nitrogen and oxygen atoms in total. The van der Waals surface area contributed by atoms with Crippen molar-refractivity contribution in [2.45, 2.75) is 25.9 Å². The summed E-state index contributed by atoms with van der Waals surface area (Å²) in [7, 11) is -1.11. The zero-order chi connectivity index (χ0) is 21.0. The molecule has 4 atom stereocenters. The van der Waals surface area contributed by atoms with E-state index in [2.05, 4.69) is 0 Å². The molecule has 2 heterocycles. The number of aromatic hydroxyl groups is 1. The highest BCUT2D eigenvalue weighted by molar-refractivity contribution is 6.53. The van der Waals surface area contributed by atoms with Gasteiger partial charge in [0.25, 0.3) is 0 Å². The van der Waals surface area contributed by atoms with E-state index >= 15 is 0 Å². The normalized spacial score (nSPS) is 28.6. The summed E-state index contributed by atoms with van der Waals surface area (Å²) in [6.07, 6.45) is 0.529. The first-order valence-electron chi connectivity index (χ1n) is 10.2. The number of para-hydroxylation sites is 1. The van der Waals surface area contributed by atoms with Crippen molar-refractivity contribution in [3.05, 3.63) is 71.2 Å². The summed E-state index contributed by atoms with van der Waals surface area (Å²) >= 11 is 0. The minimum atomic E-state index is -1.11. The number of carbonyl (C=O) groups excluding carboxylic acids is 2. The van der Waals surface area contributed by atoms with Gasteiger partial charge in [-0.2, -0.15) is 0 Å². The molecule has 2 aromatic rings. The molecule has 2 fully saturated rings. The average Bonchev–Trinajstić information content (AvgIpc) is 2.99. The Bertz CT molecular complexity index is 1040. The van der Waals surface area contributed by atoms with Crippen LogP contribution in [0.2, 0.25) is 0 Å². The highest BCUT2D eigenvalue weighted by Gasteiger charge is 2.57. The average molecular weight is 403 g/mol. The first kappa shape index (κ1) is 19.1. The molecule has 5 rings (SSSR count). The molecule has 2 N–H and O–H groups in total. The van der Waals surface area contributed by atoms with Gasteiger partial charge in [0, 0.05) is 0 Å². The predicted octanol–water partition coefficient (Wildman–Crippen LogP) is 3.02. The molecule has 2 amide bonds. The minimum absolute atomic E-state index is 0.152. The lowest BCUT2D eigenvalue weighted by Crippen LogP contribution is -2.44. The molecular formula is C23H22BNO5. The number of nitrogens with zero attached hydrogens (tertiary/aromatic N) is 1. The summed E-state index contributed by atoms with van der Waals surface area (Å²) in [6.45, 7) is 1.91. The number of allylic oxidation sites excluding steroid dienone is 2. The van der Waals surface area contributed by atoms with E-state index in [0.717, 1.165) is 16.6 Å². The Kier molecular flexibility index (Phi) is 4.52. The van der Waals surface area contributed by atoms with Gasteiger partial charge in [-0.05, 0) is 61.0 Å². The molecule has 2 aromatic carbocycles. The van der Waals surface area contributed by atoms with Crippen molar-refractivity contribution >= 4 is 24.6 Å². The van der Waals surface area contributed by atoms with Crippen molar-refractivity contribution in [2.24, 2.45) is 17.8 Å². The number of amides is 2. The number of fused-ring (bicyclic) bond motifs is 3. The number of hydrogen-bond acceptors (Lipinski definition) is 5. The second-order valence-electron chi connectivity index (χ2n) is 8.33. The van der Waals surface area contributed by atoms with Crippen LogP contribution >= 0.6 is 0 Å². The van der Waals surface area contributed by atoms with Crippen molar-refractivity contribution in [2.75, 3.05) is 4.90 Å². The van der Waals surface area contributed by atoms with Gasteiger partial charge in [0.1, 0.15) is 5.75 Å². The minimum Gasteiger partial charge on any atom is -0.508 e. The Morgan fingerprint density at radius 2 is 1.70 bits per heavy atom. The summed E-state index contributed by atoms with van der Waals surface area (Å²) in [4.78, 5) is 27.9. The van der Waals surface area contributed by atoms with Crippen LogP contribution in [0.4, 0.5) is 5.69 Å². The van der Waals surface area contributed by atoms with E-state index in [-0.39, 0.29) is 23.5 Å². The van der Waals surface area contributed by atoms with Crippen LogP contribution in [-0.2, 0) is 14.2 Å². The predicted molar refractivity (Wildman–Crippen MR) is 111 cm³/mol. The third-order valence-corrected chi connectivity index (χ3v) is 6.63. The lowest BCUT2D eigenvalue weighted by atomic mass is 9.55. The lowest BCUT2D eigenvalue weighted by Gasteiger charge is -2.41. The van der Waals surface area contributed by atoms with Gasteiger partial charge >= 0.3 is 7.12 Å². The van der Waals surface area contributed by atoms with Gasteiger partial charge in [0.05, 0.1) is 23.6 Å². The first-order valence-corrected chi connectivity index (χ1v) is 10.2. The smallest absolute Gasteiger partial charge is 0.487 e. The number of rotatable bonds is 2. The molecule has 2 saturated heterocycles. The third-order valence-electron chi connectivity index (χ3n) is 6.63. The molecule has 2 aliphatic heterocycles. The second-order valence-corrected chi connectivity index (χ2v) is 8.33. The van der Waals surface area contributed by atoms with Gasteiger partial charge < -0.3 is 14.8 Å². The van der Waals surface area contributed by atoms with Gasteiger partial charge in [0.15, 0.2) is 0 Å². The van der Waals surface area contributed by atoms with E-state index in [1.807, 2.05) is 25.1 Å². The van der Waals surface area contributed by atoms with E-state index in [4.69, 9.17) is 4.65 Å². The molecule has 0 saturated carbocycles. The van der Waals surface area contributed by atoms with Crippen LogP contribution in [-0.4, -0.2) is 29.1 Å². The molecular weight excluding hydrogens is 381 g/mol. The van der Waals surface area contributed by atoms with Crippen molar-refractivity contribution < 1.29 is 24.4 Å². The Labute approximate surface area is 174 Å². The molecule has 152 valence electrons. The molecule has 30 heavy (non-hydrogen) atoms. The fourth-order valence-corrected chi connectivity index (χ4v) is 5.29. The number of anilines is 1. The van der Waals surface area contributed by atoms with Crippen molar-refractivity contribution in [1.82, 2.24) is 0 Å². The standard InChI is InChI=1S/C23H22BNO5/c1-13-11-18-20(23(28)25(22(18)27)15-5-3-2-4-6-15)17-12-19(30-24(29)21(13)17)14-7-9-16(26)10-8-14/h2-10,17-20,26,29H,11-12H2,1H3/t17-,18-,19-,20+/m0/s1. The molecule has 0 aromatic heterocycles. The highest BCUT2D eigenvalue weighted by Crippen LogP contribution is 2.51. The quantitative estimate of drug-likeness (QED) is 0.595. The molecule has 7 heteroatoms. The number of benzene rings is 2. The second kappa shape index (κ2) is 7.11. The maximum absolute atomic E-state index is 13.4. The third kappa shape index (κ3) is 2.89. The number of hydrogen-bond donors (Lipinski definition) is 2. The zero-order valence-electron chi connectivity index (χ0n) is 16.6. The van der Waals surface area contributed by atoms with Crippen molar-refractivity contribution in [3.8, 4) is 5.75 Å². The largest absolute Gasteiger partial charge is 0.508 e. The first-order chi connectivity index (χ1) is 14.5. The van der Waals surface area contributed by atoms with Crippen LogP contribution in [0.3, 0.4) is 0 Å². The van der Waals surface area contributed by atoms with Crippen LogP contribution in [0, 0.1) is 17.8 Å². The number of imide groups is 1. The summed E-state index contributed by atoms with van der Waals surface area (Å²) in [5.41, 5.74) is 3.07. The van der Waals surface area contributed by atoms with E-state index in [9.17, 15) is 19.7 Å². The maximum atomic E-state index is 13.4. The maximum Gasteiger partial charge on any atom is 0.487 e. The van der Waals surface area contributed by atoms with E-state index in [1.54, 1.807) is 36.4 Å². The Hall–Kier alpha value is -2.90. The summed E-state index contributed by atoms with van der Waals surface area (Å²) < 4.78 is 5.88. The number of carbonyl (C=O) groups is 2. The number of phenolic OH excluding ortho intramolecular Hbond substituents is 1. The fraction of sp³-hybridized carbons (Fsp3) is 0.304. The van der Waals surface area contributed by atoms with Crippen molar-refractivity contribution in [3.63, 3.8) is 0 Å². The molecule has 0 spiro atoms. The van der Waals surface area contributed by atoms with Gasteiger partial charge in [-0.15, -0.1) is 0 Å². The Morgan fingerprint density at radius 1 is 1.00 bits per heavy atom. The van der Waals surface area contributed by atoms with Gasteiger partial charge in [0.2, 0.25) is 11.8 Å². The highest BCUT2D eigenvalue weighted by atomic mass is 16.5. The molecule has 0 bridgehead atoms. The van der Waals surface area contributed by atoms with E-state index in [0.29, 0.717) is 18.5 Å². The summed E-state index contributed by atoms with van der Waals surface area (Å²) in [5, 5.41) is 20.3. The fourth-order valence-electron chi connectivity index (χ4n) is 5.29. The van der Waals surface area contributed by atoms with E-state index in [1.165, 1.54) is 4.90 Å². The van der Waals surface area contributed by atoms with Crippen LogP contribution in [0.25, 0.3) is 0 Å². The molecule has 0 radical (unpaired) electrons. The topological polar surface area (TPSA) is 87.1 Å². The molecule has 3 aliphatic rings. The van der Waals surface area contributed by atoms with E-state index < -0.39 is 25.1 Å². The SMILES string of the molecule is CC1=C2B(O)O[C@H](c3ccc(O)cc3)C[C@H]2[C@H]2C(=O)N(c3ccccc3)C(=O)[C@H]2C1. The van der Waals surface area contributed by atoms with Crippen LogP contribution in [0.15, 0.2) is 65.6 Å². The lowest BCUT2D eigenvalue weighted by molar-refractivity contribution is -0.123. The summed E-state index contributed by atoms with van der Waals surface area (Å²) in [5.74, 6) is -1.41. The van der Waals surface area contributed by atoms with Gasteiger partial charge in [-0.3, -0.25) is 14.5 Å². The van der Waals surface area contributed by atoms with Gasteiger partial charge in [-0.25, -0.2) is 0 Å². The van der Waals surface area contributed by atoms with Crippen LogP contribution in [0.1, 0.15) is 31.4 Å². The molecule has 1 aliphatic carbocycles. The summed E-state index contributed by atoms with van der Waals surface area (Å²) in [6, 6.07) is 15.7. The van der Waals surface area contributed by atoms with Crippen LogP contribution < -0.4 is 4.90 Å². The number of phenols is 1. The Morgan fingerprint density at radius 3 is 2.40 bits per heavy atom. The monoisotopic (exact) mass is 403 g/mol. The zero-order valence-corrected chi connectivity index (χ0v) is 16.6. The van der Waals surface area contributed by atoms with Crippen LogP contribution in [0.5, 0.6) is 5.75 Å².